The maximum absolute atomic E-state index is 9.40. The molecule has 0 aliphatic rings. The molecule has 16 heavy (non-hydrogen) atoms. The predicted molar refractivity (Wildman–Crippen MR) is 64.9 cm³/mol. The first-order chi connectivity index (χ1) is 7.56. The van der Waals surface area contributed by atoms with E-state index in [0.717, 1.165) is 22.6 Å². The molecule has 3 heteroatoms. The number of aliphatic hydroxyl groups is 1. The lowest BCUT2D eigenvalue weighted by Crippen LogP contribution is -2.00. The fourth-order valence-electron chi connectivity index (χ4n) is 1.30. The van der Waals surface area contributed by atoms with Gasteiger partial charge in [-0.25, -0.2) is 0 Å². The van der Waals surface area contributed by atoms with Gasteiger partial charge in [-0.2, -0.15) is 0 Å². The smallest absolute Gasteiger partial charge is 0.123 e. The van der Waals surface area contributed by atoms with Gasteiger partial charge >= 0.3 is 0 Å². The summed E-state index contributed by atoms with van der Waals surface area (Å²) in [7, 11) is 3.23. The third kappa shape index (κ3) is 3.28. The van der Waals surface area contributed by atoms with Crippen LogP contribution in [0.15, 0.2) is 23.8 Å². The summed E-state index contributed by atoms with van der Waals surface area (Å²) in [5.41, 5.74) is 1.85. The zero-order valence-electron chi connectivity index (χ0n) is 10.2. The minimum absolute atomic E-state index is 0.447. The van der Waals surface area contributed by atoms with Gasteiger partial charge in [0.2, 0.25) is 0 Å². The normalized spacial score (nSPS) is 13.4. The summed E-state index contributed by atoms with van der Waals surface area (Å²) in [4.78, 5) is 0. The third-order valence-electron chi connectivity index (χ3n) is 2.43. The number of aliphatic hydroxyl groups excluding tert-OH is 1. The molecule has 0 amide bonds. The van der Waals surface area contributed by atoms with Gasteiger partial charge < -0.3 is 14.6 Å². The zero-order chi connectivity index (χ0) is 12.1. The number of methoxy groups -OCH3 is 2. The molecule has 0 saturated carbocycles. The van der Waals surface area contributed by atoms with Crippen LogP contribution in [-0.4, -0.2) is 25.4 Å². The molecule has 1 atom stereocenters. The van der Waals surface area contributed by atoms with Crippen LogP contribution in [0, 0.1) is 0 Å². The van der Waals surface area contributed by atoms with Crippen LogP contribution in [0.3, 0.4) is 0 Å². The van der Waals surface area contributed by atoms with Crippen molar-refractivity contribution in [2.24, 2.45) is 0 Å². The molecule has 0 spiro atoms. The van der Waals surface area contributed by atoms with Crippen LogP contribution < -0.4 is 9.47 Å². The fourth-order valence-corrected chi connectivity index (χ4v) is 1.30. The minimum Gasteiger partial charge on any atom is -0.497 e. The Kier molecular flexibility index (Phi) is 4.38. The lowest BCUT2D eigenvalue weighted by atomic mass is 10.1. The van der Waals surface area contributed by atoms with Crippen molar-refractivity contribution < 1.29 is 14.6 Å². The Labute approximate surface area is 96.3 Å². The number of benzene rings is 1. The number of ether oxygens (including phenoxy) is 2. The van der Waals surface area contributed by atoms with Crippen LogP contribution in [0.2, 0.25) is 0 Å². The number of hydrogen-bond donors (Lipinski definition) is 1. The van der Waals surface area contributed by atoms with Crippen molar-refractivity contribution in [3.63, 3.8) is 0 Å². The second-order valence-electron chi connectivity index (χ2n) is 3.71. The molecular formula is C13H18O3. The van der Waals surface area contributed by atoms with Crippen molar-refractivity contribution in [1.82, 2.24) is 0 Å². The molecule has 1 aromatic carbocycles. The maximum atomic E-state index is 9.40. The van der Waals surface area contributed by atoms with Gasteiger partial charge in [-0.05, 0) is 37.1 Å². The predicted octanol–water partition coefficient (Wildman–Crippen LogP) is 2.49. The van der Waals surface area contributed by atoms with Gasteiger partial charge in [0, 0.05) is 6.07 Å². The molecule has 0 aliphatic carbocycles. The molecular weight excluding hydrogens is 204 g/mol. The van der Waals surface area contributed by atoms with E-state index in [-0.39, 0.29) is 0 Å². The standard InChI is InChI=1S/C13H18O3/c1-9(10(2)14)5-11-6-12(15-3)8-13(7-11)16-4/h5-8,10,14H,1-4H3/b9-5-. The highest BCUT2D eigenvalue weighted by molar-refractivity contribution is 5.58. The minimum atomic E-state index is -0.447. The van der Waals surface area contributed by atoms with Crippen molar-refractivity contribution in [2.45, 2.75) is 20.0 Å². The van der Waals surface area contributed by atoms with E-state index in [1.807, 2.05) is 31.2 Å². The van der Waals surface area contributed by atoms with Gasteiger partial charge in [0.25, 0.3) is 0 Å². The molecule has 1 aromatic rings. The highest BCUT2D eigenvalue weighted by Crippen LogP contribution is 2.24. The van der Waals surface area contributed by atoms with E-state index in [1.165, 1.54) is 0 Å². The lowest BCUT2D eigenvalue weighted by Gasteiger charge is -2.08. The molecule has 0 bridgehead atoms. The van der Waals surface area contributed by atoms with E-state index < -0.39 is 6.10 Å². The van der Waals surface area contributed by atoms with Gasteiger partial charge in [-0.15, -0.1) is 0 Å². The molecule has 0 aromatic heterocycles. The van der Waals surface area contributed by atoms with Gasteiger partial charge in [0.15, 0.2) is 0 Å². The summed E-state index contributed by atoms with van der Waals surface area (Å²) in [6.07, 6.45) is 1.47. The van der Waals surface area contributed by atoms with E-state index in [2.05, 4.69) is 0 Å². The first-order valence-corrected chi connectivity index (χ1v) is 5.16. The van der Waals surface area contributed by atoms with Crippen LogP contribution in [0.4, 0.5) is 0 Å². The monoisotopic (exact) mass is 222 g/mol. The van der Waals surface area contributed by atoms with E-state index in [1.54, 1.807) is 21.1 Å². The van der Waals surface area contributed by atoms with Crippen LogP contribution in [-0.2, 0) is 0 Å². The molecule has 0 aliphatic heterocycles. The summed E-state index contributed by atoms with van der Waals surface area (Å²) < 4.78 is 10.3. The largest absolute Gasteiger partial charge is 0.497 e. The Morgan fingerprint density at radius 2 is 1.69 bits per heavy atom. The molecule has 0 heterocycles. The second kappa shape index (κ2) is 5.56. The van der Waals surface area contributed by atoms with Crippen LogP contribution in [0.5, 0.6) is 11.5 Å². The van der Waals surface area contributed by atoms with E-state index in [9.17, 15) is 5.11 Å². The van der Waals surface area contributed by atoms with Crippen molar-refractivity contribution >= 4 is 6.08 Å². The first-order valence-electron chi connectivity index (χ1n) is 5.16. The average Bonchev–Trinajstić information content (AvgIpc) is 2.28. The van der Waals surface area contributed by atoms with E-state index >= 15 is 0 Å². The van der Waals surface area contributed by atoms with Crippen molar-refractivity contribution in [3.05, 3.63) is 29.3 Å². The number of rotatable bonds is 4. The molecule has 0 fully saturated rings. The van der Waals surface area contributed by atoms with E-state index in [4.69, 9.17) is 9.47 Å². The lowest BCUT2D eigenvalue weighted by molar-refractivity contribution is 0.232. The highest BCUT2D eigenvalue weighted by Gasteiger charge is 2.02. The summed E-state index contributed by atoms with van der Waals surface area (Å²) in [5.74, 6) is 1.48. The molecule has 0 radical (unpaired) electrons. The van der Waals surface area contributed by atoms with Gasteiger partial charge in [0.05, 0.1) is 20.3 Å². The molecule has 1 unspecified atom stereocenters. The summed E-state index contributed by atoms with van der Waals surface area (Å²) in [5, 5.41) is 9.40. The van der Waals surface area contributed by atoms with Crippen molar-refractivity contribution in [2.75, 3.05) is 14.2 Å². The van der Waals surface area contributed by atoms with Crippen LogP contribution in [0.25, 0.3) is 6.08 Å². The zero-order valence-corrected chi connectivity index (χ0v) is 10.2. The van der Waals surface area contributed by atoms with Crippen molar-refractivity contribution in [1.29, 1.82) is 0 Å². The summed E-state index contributed by atoms with van der Waals surface area (Å²) in [6.45, 7) is 3.62. The Hall–Kier alpha value is -1.48. The molecule has 0 saturated heterocycles. The quantitative estimate of drug-likeness (QED) is 0.850. The van der Waals surface area contributed by atoms with Crippen molar-refractivity contribution in [3.8, 4) is 11.5 Å². The highest BCUT2D eigenvalue weighted by atomic mass is 16.5. The summed E-state index contributed by atoms with van der Waals surface area (Å²) in [6, 6.07) is 5.61. The Morgan fingerprint density at radius 1 is 1.19 bits per heavy atom. The van der Waals surface area contributed by atoms with Crippen LogP contribution >= 0.6 is 0 Å². The topological polar surface area (TPSA) is 38.7 Å². The third-order valence-corrected chi connectivity index (χ3v) is 2.43. The first kappa shape index (κ1) is 12.6. The van der Waals surface area contributed by atoms with Gasteiger partial charge in [-0.3, -0.25) is 0 Å². The Bertz CT molecular complexity index is 359. The maximum Gasteiger partial charge on any atom is 0.123 e. The average molecular weight is 222 g/mol. The second-order valence-corrected chi connectivity index (χ2v) is 3.71. The molecule has 3 nitrogen and oxygen atoms in total. The Balaban J connectivity index is 3.08. The molecule has 88 valence electrons. The van der Waals surface area contributed by atoms with E-state index in [0.29, 0.717) is 0 Å². The summed E-state index contributed by atoms with van der Waals surface area (Å²) >= 11 is 0. The van der Waals surface area contributed by atoms with Gasteiger partial charge in [0.1, 0.15) is 11.5 Å². The van der Waals surface area contributed by atoms with Crippen LogP contribution in [0.1, 0.15) is 19.4 Å². The number of hydrogen-bond acceptors (Lipinski definition) is 3. The fraction of sp³-hybridized carbons (Fsp3) is 0.385. The Morgan fingerprint density at radius 3 is 2.06 bits per heavy atom. The SMILES string of the molecule is COc1cc(/C=C(/C)C(C)O)cc(OC)c1. The molecule has 1 N–H and O–H groups in total. The van der Waals surface area contributed by atoms with Gasteiger partial charge in [-0.1, -0.05) is 6.08 Å². The molecule has 1 rings (SSSR count).